The molecule has 0 bridgehead atoms. The molecule has 0 unspecified atom stereocenters. The highest BCUT2D eigenvalue weighted by Crippen LogP contribution is 2.20. The lowest BCUT2D eigenvalue weighted by atomic mass is 10.1. The first-order chi connectivity index (χ1) is 5.88. The van der Waals surface area contributed by atoms with Gasteiger partial charge < -0.3 is 0 Å². The van der Waals surface area contributed by atoms with E-state index in [4.69, 9.17) is 0 Å². The van der Waals surface area contributed by atoms with Gasteiger partial charge >= 0.3 is 0 Å². The maximum absolute atomic E-state index is 11.1. The molecule has 0 saturated carbocycles. The van der Waals surface area contributed by atoms with Crippen molar-refractivity contribution < 1.29 is 4.79 Å². The molecule has 0 N–H and O–H groups in total. The monoisotopic (exact) mass is 160 g/mol. The maximum atomic E-state index is 11.1. The molecule has 1 aromatic carbocycles. The lowest BCUT2D eigenvalue weighted by Gasteiger charge is -1.92. The minimum absolute atomic E-state index is 0.301. The van der Waals surface area contributed by atoms with Crippen molar-refractivity contribution in [1.82, 2.24) is 0 Å². The van der Waals surface area contributed by atoms with Crippen molar-refractivity contribution in [2.45, 2.75) is 12.8 Å². The van der Waals surface area contributed by atoms with Gasteiger partial charge in [0.15, 0.2) is 5.78 Å². The van der Waals surface area contributed by atoms with Crippen LogP contribution in [-0.4, -0.2) is 5.78 Å². The fourth-order valence-electron chi connectivity index (χ4n) is 1.39. The van der Waals surface area contributed by atoms with Gasteiger partial charge in [0, 0.05) is 12.0 Å². The molecule has 0 atom stereocenters. The Bertz CT molecular complexity index is 289. The number of Topliss-reactive ketones (excluding diaryl/α,β-unsaturated/α-hetero) is 1. The standard InChI is InChI=1S/C9H8O.C2H4/c10-9-6-5-7-3-1-2-4-8(7)9;1-2/h1-4H,5-6H2;1-2H2. The molecule has 2 rings (SSSR count). The Morgan fingerprint density at radius 2 is 1.75 bits per heavy atom. The van der Waals surface area contributed by atoms with Gasteiger partial charge in [-0.1, -0.05) is 24.3 Å². The zero-order valence-electron chi connectivity index (χ0n) is 7.05. The summed E-state index contributed by atoms with van der Waals surface area (Å²) in [5.74, 6) is 0.301. The molecule has 1 aliphatic rings. The first-order valence-electron chi connectivity index (χ1n) is 3.99. The molecule has 0 radical (unpaired) electrons. The first-order valence-corrected chi connectivity index (χ1v) is 3.99. The molecule has 1 nitrogen and oxygen atoms in total. The van der Waals surface area contributed by atoms with Crippen LogP contribution in [0.15, 0.2) is 37.4 Å². The summed E-state index contributed by atoms with van der Waals surface area (Å²) in [6.45, 7) is 6.00. The second-order valence-corrected chi connectivity index (χ2v) is 2.58. The molecule has 1 aliphatic carbocycles. The van der Waals surface area contributed by atoms with Crippen molar-refractivity contribution in [1.29, 1.82) is 0 Å². The number of fused-ring (bicyclic) bond motifs is 1. The topological polar surface area (TPSA) is 17.1 Å². The average Bonchev–Trinajstić information content (AvgIpc) is 2.53. The number of hydrogen-bond acceptors (Lipinski definition) is 1. The number of rotatable bonds is 0. The van der Waals surface area contributed by atoms with E-state index in [1.165, 1.54) is 5.56 Å². The molecule has 12 heavy (non-hydrogen) atoms. The first kappa shape index (κ1) is 8.72. The van der Waals surface area contributed by atoms with E-state index < -0.39 is 0 Å². The van der Waals surface area contributed by atoms with Crippen molar-refractivity contribution in [3.63, 3.8) is 0 Å². The van der Waals surface area contributed by atoms with Gasteiger partial charge in [-0.25, -0.2) is 0 Å². The van der Waals surface area contributed by atoms with Crippen molar-refractivity contribution >= 4 is 5.78 Å². The van der Waals surface area contributed by atoms with E-state index in [9.17, 15) is 4.79 Å². The fraction of sp³-hybridized carbons (Fsp3) is 0.182. The van der Waals surface area contributed by atoms with Crippen LogP contribution in [0.2, 0.25) is 0 Å². The number of ketones is 1. The molecule has 0 heterocycles. The molecule has 0 saturated heterocycles. The van der Waals surface area contributed by atoms with Crippen molar-refractivity contribution in [2.75, 3.05) is 0 Å². The van der Waals surface area contributed by atoms with Gasteiger partial charge in [0.05, 0.1) is 0 Å². The van der Waals surface area contributed by atoms with Gasteiger partial charge in [-0.15, -0.1) is 13.2 Å². The Balaban J connectivity index is 0.000000336. The highest BCUT2D eigenvalue weighted by Gasteiger charge is 2.17. The minimum Gasteiger partial charge on any atom is -0.294 e. The molecule has 0 fully saturated rings. The quantitative estimate of drug-likeness (QED) is 0.533. The normalized spacial score (nSPS) is 13.2. The lowest BCUT2D eigenvalue weighted by Crippen LogP contribution is -1.88. The fourth-order valence-corrected chi connectivity index (χ4v) is 1.39. The summed E-state index contributed by atoms with van der Waals surface area (Å²) in [5, 5.41) is 0. The Kier molecular flexibility index (Phi) is 2.81. The third-order valence-corrected chi connectivity index (χ3v) is 1.94. The summed E-state index contributed by atoms with van der Waals surface area (Å²) in [5.41, 5.74) is 2.15. The average molecular weight is 160 g/mol. The summed E-state index contributed by atoms with van der Waals surface area (Å²) < 4.78 is 0. The van der Waals surface area contributed by atoms with E-state index >= 15 is 0 Å². The van der Waals surface area contributed by atoms with Crippen LogP contribution < -0.4 is 0 Å². The molecule has 0 aliphatic heterocycles. The van der Waals surface area contributed by atoms with Gasteiger partial charge in [-0.2, -0.15) is 0 Å². The van der Waals surface area contributed by atoms with E-state index in [0.29, 0.717) is 12.2 Å². The van der Waals surface area contributed by atoms with Crippen molar-refractivity contribution in [2.24, 2.45) is 0 Å². The Hall–Kier alpha value is -1.37. The van der Waals surface area contributed by atoms with Crippen LogP contribution in [0.4, 0.5) is 0 Å². The predicted molar refractivity (Wildman–Crippen MR) is 50.3 cm³/mol. The van der Waals surface area contributed by atoms with Gasteiger partial charge in [0.1, 0.15) is 0 Å². The Morgan fingerprint density at radius 1 is 1.08 bits per heavy atom. The minimum atomic E-state index is 0.301. The number of carbonyl (C=O) groups is 1. The highest BCUT2D eigenvalue weighted by atomic mass is 16.1. The van der Waals surface area contributed by atoms with E-state index in [2.05, 4.69) is 13.2 Å². The molecule has 62 valence electrons. The number of aryl methyl sites for hydroxylation is 1. The van der Waals surface area contributed by atoms with E-state index in [1.54, 1.807) is 0 Å². The Morgan fingerprint density at radius 3 is 2.42 bits per heavy atom. The summed E-state index contributed by atoms with van der Waals surface area (Å²) in [6, 6.07) is 7.84. The van der Waals surface area contributed by atoms with E-state index in [-0.39, 0.29) is 0 Å². The van der Waals surface area contributed by atoms with Crippen molar-refractivity contribution in [3.05, 3.63) is 48.6 Å². The molecule has 1 heteroatoms. The second kappa shape index (κ2) is 3.86. The second-order valence-electron chi connectivity index (χ2n) is 2.58. The smallest absolute Gasteiger partial charge is 0.163 e. The van der Waals surface area contributed by atoms with Gasteiger partial charge in [-0.05, 0) is 12.0 Å². The van der Waals surface area contributed by atoms with Crippen LogP contribution in [0.5, 0.6) is 0 Å². The van der Waals surface area contributed by atoms with Gasteiger partial charge in [0.2, 0.25) is 0 Å². The molecular formula is C11H12O. The number of hydrogen-bond donors (Lipinski definition) is 0. The van der Waals surface area contributed by atoms with Crippen LogP contribution in [-0.2, 0) is 6.42 Å². The van der Waals surface area contributed by atoms with Gasteiger partial charge in [0.25, 0.3) is 0 Å². The predicted octanol–water partition coefficient (Wildman–Crippen LogP) is 2.62. The maximum Gasteiger partial charge on any atom is 0.163 e. The van der Waals surface area contributed by atoms with Crippen LogP contribution >= 0.6 is 0 Å². The molecular weight excluding hydrogens is 148 g/mol. The van der Waals surface area contributed by atoms with E-state index in [1.807, 2.05) is 24.3 Å². The molecule has 0 aromatic heterocycles. The van der Waals surface area contributed by atoms with Crippen LogP contribution in [0.25, 0.3) is 0 Å². The highest BCUT2D eigenvalue weighted by molar-refractivity contribution is 6.00. The van der Waals surface area contributed by atoms with E-state index in [0.717, 1.165) is 12.0 Å². The van der Waals surface area contributed by atoms with Crippen LogP contribution in [0.1, 0.15) is 22.3 Å². The van der Waals surface area contributed by atoms with Gasteiger partial charge in [-0.3, -0.25) is 4.79 Å². The molecule has 1 aromatic rings. The summed E-state index contributed by atoms with van der Waals surface area (Å²) in [7, 11) is 0. The third kappa shape index (κ3) is 1.45. The zero-order valence-corrected chi connectivity index (χ0v) is 7.05. The zero-order chi connectivity index (χ0) is 8.97. The lowest BCUT2D eigenvalue weighted by molar-refractivity contribution is 0.0994. The number of benzene rings is 1. The summed E-state index contributed by atoms with van der Waals surface area (Å²) in [6.07, 6.45) is 1.65. The molecule has 0 amide bonds. The number of carbonyl (C=O) groups excluding carboxylic acids is 1. The van der Waals surface area contributed by atoms with Crippen LogP contribution in [0, 0.1) is 0 Å². The largest absolute Gasteiger partial charge is 0.294 e. The SMILES string of the molecule is C=C.O=C1CCc2ccccc21. The van der Waals surface area contributed by atoms with Crippen LogP contribution in [0.3, 0.4) is 0 Å². The molecule has 0 spiro atoms. The Labute approximate surface area is 72.7 Å². The van der Waals surface area contributed by atoms with Crippen molar-refractivity contribution in [3.8, 4) is 0 Å². The summed E-state index contributed by atoms with van der Waals surface area (Å²) in [4.78, 5) is 11.1. The third-order valence-electron chi connectivity index (χ3n) is 1.94. The summed E-state index contributed by atoms with van der Waals surface area (Å²) >= 11 is 0.